The second-order valence-corrected chi connectivity index (χ2v) is 3.76. The van der Waals surface area contributed by atoms with Gasteiger partial charge in [-0.1, -0.05) is 0 Å². The lowest BCUT2D eigenvalue weighted by Crippen LogP contribution is -2.06. The SMILES string of the molecule is Cc1ncc(COP(=O)([O-])O)c(N)n1. The monoisotopic (exact) mass is 218 g/mol. The summed E-state index contributed by atoms with van der Waals surface area (Å²) in [6, 6.07) is 0. The Balaban J connectivity index is 2.73. The summed E-state index contributed by atoms with van der Waals surface area (Å²) >= 11 is 0. The van der Waals surface area contributed by atoms with Gasteiger partial charge in [-0.25, -0.2) is 9.97 Å². The van der Waals surface area contributed by atoms with Crippen LogP contribution < -0.4 is 10.6 Å². The highest BCUT2D eigenvalue weighted by Crippen LogP contribution is 2.32. The molecule has 0 spiro atoms. The van der Waals surface area contributed by atoms with Crippen molar-refractivity contribution >= 4 is 13.6 Å². The van der Waals surface area contributed by atoms with Crippen LogP contribution in [-0.2, 0) is 15.7 Å². The Labute approximate surface area is 80.2 Å². The Morgan fingerprint density at radius 3 is 2.93 bits per heavy atom. The third-order valence-corrected chi connectivity index (χ3v) is 1.86. The Hall–Kier alpha value is -1.01. The van der Waals surface area contributed by atoms with E-state index in [2.05, 4.69) is 14.5 Å². The molecule has 1 rings (SSSR count). The van der Waals surface area contributed by atoms with Crippen molar-refractivity contribution in [3.05, 3.63) is 17.6 Å². The highest BCUT2D eigenvalue weighted by molar-refractivity contribution is 7.44. The average molecular weight is 218 g/mol. The van der Waals surface area contributed by atoms with Crippen molar-refractivity contribution in [2.24, 2.45) is 0 Å². The fourth-order valence-corrected chi connectivity index (χ4v) is 1.08. The van der Waals surface area contributed by atoms with Crippen molar-refractivity contribution < 1.29 is 18.9 Å². The van der Waals surface area contributed by atoms with E-state index in [-0.39, 0.29) is 12.4 Å². The number of phosphoric ester groups is 1. The molecule has 7 nitrogen and oxygen atoms in total. The summed E-state index contributed by atoms with van der Waals surface area (Å²) in [6.07, 6.45) is 1.34. The first-order valence-corrected chi connectivity index (χ1v) is 5.14. The lowest BCUT2D eigenvalue weighted by Gasteiger charge is -2.15. The van der Waals surface area contributed by atoms with Crippen LogP contribution in [0, 0.1) is 6.92 Å². The number of hydrogen-bond donors (Lipinski definition) is 2. The number of anilines is 1. The minimum atomic E-state index is -4.72. The van der Waals surface area contributed by atoms with Crippen molar-refractivity contribution in [3.8, 4) is 0 Å². The van der Waals surface area contributed by atoms with Gasteiger partial charge in [0.1, 0.15) is 11.6 Å². The molecule has 1 atom stereocenters. The summed E-state index contributed by atoms with van der Waals surface area (Å²) in [5.74, 6) is 0.603. The Bertz CT molecular complexity index is 377. The molecule has 0 aliphatic rings. The van der Waals surface area contributed by atoms with Gasteiger partial charge in [0.25, 0.3) is 7.82 Å². The van der Waals surface area contributed by atoms with Gasteiger partial charge < -0.3 is 20.0 Å². The normalized spacial score (nSPS) is 15.1. The zero-order valence-corrected chi connectivity index (χ0v) is 8.27. The molecule has 0 aliphatic carbocycles. The molecule has 3 N–H and O–H groups in total. The maximum absolute atomic E-state index is 10.3. The second kappa shape index (κ2) is 4.02. The van der Waals surface area contributed by atoms with Crippen LogP contribution in [0.25, 0.3) is 0 Å². The minimum absolute atomic E-state index is 0.131. The summed E-state index contributed by atoms with van der Waals surface area (Å²) in [4.78, 5) is 26.2. The van der Waals surface area contributed by atoms with Gasteiger partial charge in [-0.05, 0) is 6.92 Å². The van der Waals surface area contributed by atoms with Crippen LogP contribution in [0.4, 0.5) is 5.82 Å². The lowest BCUT2D eigenvalue weighted by molar-refractivity contribution is -0.220. The number of aromatic nitrogens is 2. The lowest BCUT2D eigenvalue weighted by atomic mass is 10.3. The third-order valence-electron chi connectivity index (χ3n) is 1.40. The average Bonchev–Trinajstić information content (AvgIpc) is 2.00. The molecule has 8 heteroatoms. The number of phosphoric acid groups is 1. The fourth-order valence-electron chi connectivity index (χ4n) is 0.775. The molecule has 1 heterocycles. The van der Waals surface area contributed by atoms with E-state index in [1.807, 2.05) is 0 Å². The van der Waals surface area contributed by atoms with Gasteiger partial charge in [0.05, 0.1) is 6.61 Å². The molecule has 0 saturated carbocycles. The van der Waals surface area contributed by atoms with Crippen molar-refractivity contribution in [1.29, 1.82) is 0 Å². The van der Waals surface area contributed by atoms with Gasteiger partial charge in [0.2, 0.25) is 0 Å². The molecule has 0 aromatic carbocycles. The number of nitrogen functional groups attached to an aromatic ring is 1. The summed E-state index contributed by atoms with van der Waals surface area (Å²) in [7, 11) is -4.72. The van der Waals surface area contributed by atoms with Gasteiger partial charge in [-0.3, -0.25) is 4.57 Å². The Morgan fingerprint density at radius 2 is 2.43 bits per heavy atom. The molecule has 0 fully saturated rings. The van der Waals surface area contributed by atoms with E-state index >= 15 is 0 Å². The molecular weight excluding hydrogens is 209 g/mol. The van der Waals surface area contributed by atoms with Crippen LogP contribution in [0.15, 0.2) is 6.20 Å². The molecule has 14 heavy (non-hydrogen) atoms. The highest BCUT2D eigenvalue weighted by Gasteiger charge is 2.06. The molecule has 1 aromatic heterocycles. The molecule has 0 amide bonds. The van der Waals surface area contributed by atoms with Crippen LogP contribution in [0.5, 0.6) is 0 Å². The predicted molar refractivity (Wildman–Crippen MR) is 45.8 cm³/mol. The van der Waals surface area contributed by atoms with E-state index in [1.54, 1.807) is 6.92 Å². The smallest absolute Gasteiger partial charge is 0.265 e. The third kappa shape index (κ3) is 3.39. The molecule has 1 aromatic rings. The summed E-state index contributed by atoms with van der Waals surface area (Å²) < 4.78 is 14.4. The second-order valence-electron chi connectivity index (χ2n) is 2.57. The molecule has 0 bridgehead atoms. The first-order chi connectivity index (χ1) is 6.38. The standard InChI is InChI=1S/C6H10N3O4P/c1-4-8-2-5(6(7)9-4)3-13-14(10,11)12/h2H,3H2,1H3,(H2,7,8,9)(H2,10,11,12)/p-1. The van der Waals surface area contributed by atoms with E-state index in [4.69, 9.17) is 10.6 Å². The van der Waals surface area contributed by atoms with Crippen LogP contribution in [-0.4, -0.2) is 14.9 Å². The Morgan fingerprint density at radius 1 is 1.79 bits per heavy atom. The van der Waals surface area contributed by atoms with Gasteiger partial charge in [-0.15, -0.1) is 0 Å². The van der Waals surface area contributed by atoms with Crippen LogP contribution in [0.1, 0.15) is 11.4 Å². The zero-order valence-electron chi connectivity index (χ0n) is 7.38. The summed E-state index contributed by atoms with van der Waals surface area (Å²) in [5, 5.41) is 0. The van der Waals surface area contributed by atoms with E-state index in [1.165, 1.54) is 6.20 Å². The van der Waals surface area contributed by atoms with E-state index in [0.29, 0.717) is 11.4 Å². The first-order valence-electron chi connectivity index (χ1n) is 3.65. The molecule has 1 unspecified atom stereocenters. The molecular formula is C6H9N3O4P-. The maximum Gasteiger partial charge on any atom is 0.265 e. The van der Waals surface area contributed by atoms with E-state index < -0.39 is 7.82 Å². The van der Waals surface area contributed by atoms with Crippen molar-refractivity contribution in [2.75, 3.05) is 5.73 Å². The van der Waals surface area contributed by atoms with Gasteiger partial charge >= 0.3 is 0 Å². The van der Waals surface area contributed by atoms with Gasteiger partial charge in [0.15, 0.2) is 0 Å². The van der Waals surface area contributed by atoms with Crippen LogP contribution in [0.2, 0.25) is 0 Å². The molecule has 78 valence electrons. The van der Waals surface area contributed by atoms with Crippen molar-refractivity contribution in [2.45, 2.75) is 13.5 Å². The number of aryl methyl sites for hydroxylation is 1. The van der Waals surface area contributed by atoms with Crippen LogP contribution >= 0.6 is 7.82 Å². The number of nitrogens with two attached hydrogens (primary N) is 1. The van der Waals surface area contributed by atoms with Gasteiger partial charge in [0, 0.05) is 11.8 Å². The minimum Gasteiger partial charge on any atom is -0.756 e. The zero-order chi connectivity index (χ0) is 10.8. The largest absolute Gasteiger partial charge is 0.756 e. The molecule has 0 radical (unpaired) electrons. The van der Waals surface area contributed by atoms with E-state index in [9.17, 15) is 9.46 Å². The van der Waals surface area contributed by atoms with Crippen molar-refractivity contribution in [1.82, 2.24) is 9.97 Å². The predicted octanol–water partition coefficient (Wildman–Crippen LogP) is -0.655. The quantitative estimate of drug-likeness (QED) is 0.646. The molecule has 0 saturated heterocycles. The van der Waals surface area contributed by atoms with Crippen molar-refractivity contribution in [3.63, 3.8) is 0 Å². The van der Waals surface area contributed by atoms with E-state index in [0.717, 1.165) is 0 Å². The number of hydrogen-bond acceptors (Lipinski definition) is 6. The molecule has 0 aliphatic heterocycles. The highest BCUT2D eigenvalue weighted by atomic mass is 31.2. The first kappa shape index (κ1) is 11.1. The Kier molecular flexibility index (Phi) is 3.17. The summed E-state index contributed by atoms with van der Waals surface area (Å²) in [5.41, 5.74) is 5.75. The number of nitrogens with zero attached hydrogens (tertiary/aromatic N) is 2. The fraction of sp³-hybridized carbons (Fsp3) is 0.333. The van der Waals surface area contributed by atoms with Gasteiger partial charge in [-0.2, -0.15) is 0 Å². The maximum atomic E-state index is 10.3. The topological polar surface area (TPSA) is 121 Å². The summed E-state index contributed by atoms with van der Waals surface area (Å²) in [6.45, 7) is 1.27. The number of rotatable bonds is 3. The van der Waals surface area contributed by atoms with Crippen LogP contribution in [0.3, 0.4) is 0 Å².